The molecule has 1 heterocycles. The second-order valence-corrected chi connectivity index (χ2v) is 12.2. The number of ketones is 1. The first-order chi connectivity index (χ1) is 19.0. The quantitative estimate of drug-likeness (QED) is 0.324. The molecule has 40 heavy (non-hydrogen) atoms. The maximum atomic E-state index is 15.1. The standard InChI is InChI=1S/C33H31BrFN3O2/c1-19-13-21(18-40-23-11-9-22(34)10-12-23)20(2)24(14-19)30-25(17-36)32(37)38(27-8-6-5-7-26(27)35)28-15-33(3,4)16-29(39)31(28)30/h5-14,30H,15-16,18,37H2,1-4H3. The van der Waals surface area contributed by atoms with Crippen LogP contribution in [0, 0.1) is 36.4 Å². The van der Waals surface area contributed by atoms with E-state index in [0.29, 0.717) is 30.7 Å². The summed E-state index contributed by atoms with van der Waals surface area (Å²) in [6.45, 7) is 8.35. The van der Waals surface area contributed by atoms with Crippen LogP contribution in [0.5, 0.6) is 5.75 Å². The van der Waals surface area contributed by atoms with Gasteiger partial charge in [-0.15, -0.1) is 0 Å². The molecule has 1 atom stereocenters. The summed E-state index contributed by atoms with van der Waals surface area (Å²) in [6.07, 6.45) is 0.846. The van der Waals surface area contributed by atoms with Crippen molar-refractivity contribution in [2.24, 2.45) is 11.1 Å². The topological polar surface area (TPSA) is 79.3 Å². The van der Waals surface area contributed by atoms with E-state index in [1.807, 2.05) is 58.0 Å². The van der Waals surface area contributed by atoms with Crippen molar-refractivity contribution in [3.8, 4) is 11.8 Å². The minimum Gasteiger partial charge on any atom is -0.489 e. The van der Waals surface area contributed by atoms with Crippen LogP contribution in [0.2, 0.25) is 0 Å². The van der Waals surface area contributed by atoms with Crippen LogP contribution in [0.4, 0.5) is 10.1 Å². The fraction of sp³-hybridized carbons (Fsp3) is 0.273. The Labute approximate surface area is 242 Å². The van der Waals surface area contributed by atoms with Gasteiger partial charge in [0.05, 0.1) is 23.2 Å². The van der Waals surface area contributed by atoms with Crippen molar-refractivity contribution < 1.29 is 13.9 Å². The van der Waals surface area contributed by atoms with Gasteiger partial charge in [-0.2, -0.15) is 5.26 Å². The molecule has 0 aromatic heterocycles. The van der Waals surface area contributed by atoms with E-state index in [1.54, 1.807) is 23.1 Å². The molecule has 0 radical (unpaired) electrons. The second kappa shape index (κ2) is 10.6. The molecule has 0 spiro atoms. The number of ether oxygens (including phenoxy) is 1. The molecule has 3 aromatic rings. The smallest absolute Gasteiger partial charge is 0.162 e. The van der Waals surface area contributed by atoms with Crippen molar-refractivity contribution >= 4 is 27.4 Å². The number of halogens is 2. The number of para-hydroxylation sites is 1. The summed E-state index contributed by atoms with van der Waals surface area (Å²) < 4.78 is 22.2. The lowest BCUT2D eigenvalue weighted by molar-refractivity contribution is -0.118. The summed E-state index contributed by atoms with van der Waals surface area (Å²) in [5.74, 6) is -0.289. The van der Waals surface area contributed by atoms with Crippen LogP contribution in [0.15, 0.2) is 87.8 Å². The number of allylic oxidation sites excluding steroid dienone is 3. The Morgan fingerprint density at radius 3 is 2.50 bits per heavy atom. The van der Waals surface area contributed by atoms with Gasteiger partial charge in [0.25, 0.3) is 0 Å². The van der Waals surface area contributed by atoms with Crippen LogP contribution in [-0.4, -0.2) is 5.78 Å². The average molecular weight is 601 g/mol. The first-order valence-corrected chi connectivity index (χ1v) is 14.0. The Hall–Kier alpha value is -3.89. The number of nitrogens with zero attached hydrogens (tertiary/aromatic N) is 2. The van der Waals surface area contributed by atoms with Crippen molar-refractivity contribution in [1.82, 2.24) is 0 Å². The normalized spacial score (nSPS) is 18.5. The summed E-state index contributed by atoms with van der Waals surface area (Å²) >= 11 is 3.44. The molecule has 5 rings (SSSR count). The number of hydrogen-bond donors (Lipinski definition) is 1. The fourth-order valence-corrected chi connectivity index (χ4v) is 6.10. The van der Waals surface area contributed by atoms with Crippen LogP contribution < -0.4 is 15.4 Å². The third kappa shape index (κ3) is 5.04. The highest BCUT2D eigenvalue weighted by atomic mass is 79.9. The van der Waals surface area contributed by atoms with Gasteiger partial charge in [0.15, 0.2) is 5.78 Å². The average Bonchev–Trinajstić information content (AvgIpc) is 2.89. The van der Waals surface area contributed by atoms with Crippen LogP contribution in [0.1, 0.15) is 54.9 Å². The van der Waals surface area contributed by atoms with E-state index in [0.717, 1.165) is 32.5 Å². The number of carbonyl (C=O) groups is 1. The molecular formula is C33H31BrFN3O2. The molecular weight excluding hydrogens is 569 g/mol. The van der Waals surface area contributed by atoms with Gasteiger partial charge in [-0.05, 0) is 78.8 Å². The predicted molar refractivity (Wildman–Crippen MR) is 158 cm³/mol. The van der Waals surface area contributed by atoms with E-state index < -0.39 is 11.7 Å². The second-order valence-electron chi connectivity index (χ2n) is 11.3. The number of Topliss-reactive ketones (excluding diaryl/α,β-unsaturated/α-hetero) is 1. The largest absolute Gasteiger partial charge is 0.489 e. The molecule has 204 valence electrons. The SMILES string of the molecule is Cc1cc(COc2ccc(Br)cc2)c(C)c(C2C(C#N)=C(N)N(c3ccccc3F)C3=C2C(=O)CC(C)(C)C3)c1. The van der Waals surface area contributed by atoms with Gasteiger partial charge in [-0.25, -0.2) is 4.39 Å². The van der Waals surface area contributed by atoms with Gasteiger partial charge >= 0.3 is 0 Å². The van der Waals surface area contributed by atoms with E-state index in [-0.39, 0.29) is 28.3 Å². The van der Waals surface area contributed by atoms with Gasteiger partial charge in [-0.3, -0.25) is 9.69 Å². The van der Waals surface area contributed by atoms with E-state index in [1.165, 1.54) is 6.07 Å². The zero-order chi connectivity index (χ0) is 28.8. The predicted octanol–water partition coefficient (Wildman–Crippen LogP) is 7.72. The van der Waals surface area contributed by atoms with Gasteiger partial charge in [0, 0.05) is 22.2 Å². The highest BCUT2D eigenvalue weighted by Crippen LogP contribution is 2.51. The van der Waals surface area contributed by atoms with Crippen LogP contribution in [0.25, 0.3) is 0 Å². The van der Waals surface area contributed by atoms with Gasteiger partial charge < -0.3 is 10.5 Å². The number of nitriles is 1. The molecule has 3 aromatic carbocycles. The number of hydrogen-bond acceptors (Lipinski definition) is 5. The van der Waals surface area contributed by atoms with Gasteiger partial charge in [0.2, 0.25) is 0 Å². The Morgan fingerprint density at radius 1 is 1.12 bits per heavy atom. The molecule has 2 aliphatic rings. The van der Waals surface area contributed by atoms with Crippen LogP contribution in [0.3, 0.4) is 0 Å². The van der Waals surface area contributed by atoms with E-state index in [2.05, 4.69) is 28.1 Å². The highest BCUT2D eigenvalue weighted by Gasteiger charge is 2.45. The maximum absolute atomic E-state index is 15.1. The molecule has 5 nitrogen and oxygen atoms in total. The molecule has 0 saturated heterocycles. The summed E-state index contributed by atoms with van der Waals surface area (Å²) in [5.41, 5.74) is 11.7. The van der Waals surface area contributed by atoms with Crippen molar-refractivity contribution in [3.63, 3.8) is 0 Å². The van der Waals surface area contributed by atoms with Crippen LogP contribution in [-0.2, 0) is 11.4 Å². The third-order valence-corrected chi connectivity index (χ3v) is 8.22. The monoisotopic (exact) mass is 599 g/mol. The van der Waals surface area contributed by atoms with Gasteiger partial charge in [-0.1, -0.05) is 59.6 Å². The number of benzene rings is 3. The number of aryl methyl sites for hydroxylation is 1. The summed E-state index contributed by atoms with van der Waals surface area (Å²) in [5, 5.41) is 10.4. The van der Waals surface area contributed by atoms with E-state index >= 15 is 4.39 Å². The molecule has 0 fully saturated rings. The summed E-state index contributed by atoms with van der Waals surface area (Å²) in [6, 6.07) is 20.3. The lowest BCUT2D eigenvalue weighted by Crippen LogP contribution is -2.42. The third-order valence-electron chi connectivity index (χ3n) is 7.69. The maximum Gasteiger partial charge on any atom is 0.162 e. The van der Waals surface area contributed by atoms with Crippen molar-refractivity contribution in [1.29, 1.82) is 5.26 Å². The minimum atomic E-state index is -0.655. The Kier molecular flexibility index (Phi) is 7.32. The molecule has 0 saturated carbocycles. The summed E-state index contributed by atoms with van der Waals surface area (Å²) in [7, 11) is 0. The zero-order valence-corrected chi connectivity index (χ0v) is 24.6. The van der Waals surface area contributed by atoms with Gasteiger partial charge in [0.1, 0.15) is 24.0 Å². The molecule has 1 unspecified atom stereocenters. The molecule has 7 heteroatoms. The molecule has 0 bridgehead atoms. The first-order valence-electron chi connectivity index (χ1n) is 13.2. The Bertz CT molecular complexity index is 1620. The highest BCUT2D eigenvalue weighted by molar-refractivity contribution is 9.10. The Balaban J connectivity index is 1.67. The van der Waals surface area contributed by atoms with E-state index in [9.17, 15) is 10.1 Å². The first kappa shape index (κ1) is 27.7. The number of carbonyl (C=O) groups excluding carboxylic acids is 1. The number of nitrogens with two attached hydrogens (primary N) is 1. The summed E-state index contributed by atoms with van der Waals surface area (Å²) in [4.78, 5) is 15.5. The molecule has 0 amide bonds. The molecule has 1 aliphatic carbocycles. The lowest BCUT2D eigenvalue weighted by atomic mass is 9.68. The van der Waals surface area contributed by atoms with Crippen molar-refractivity contribution in [2.45, 2.75) is 53.1 Å². The zero-order valence-electron chi connectivity index (χ0n) is 23.0. The van der Waals surface area contributed by atoms with Crippen LogP contribution >= 0.6 is 15.9 Å². The number of anilines is 1. The fourth-order valence-electron chi connectivity index (χ4n) is 5.83. The number of rotatable bonds is 5. The minimum absolute atomic E-state index is 0.0496. The van der Waals surface area contributed by atoms with Crippen molar-refractivity contribution in [2.75, 3.05) is 4.90 Å². The molecule has 2 N–H and O–H groups in total. The van der Waals surface area contributed by atoms with E-state index in [4.69, 9.17) is 10.5 Å². The molecule has 1 aliphatic heterocycles. The lowest BCUT2D eigenvalue weighted by Gasteiger charge is -2.44. The Morgan fingerprint density at radius 2 is 1.82 bits per heavy atom. The van der Waals surface area contributed by atoms with Crippen molar-refractivity contribution in [3.05, 3.63) is 116 Å².